The van der Waals surface area contributed by atoms with Crippen molar-refractivity contribution in [2.24, 2.45) is 0 Å². The molecular weight excluding hydrogens is 564 g/mol. The SMILES string of the molecule is CC1OC(Oc2cc(O)c3c(=O)c(O)c(-c4ccc(O)cc4)oc3c2)C(OC2OC(CO)C(O)C(O)C2O)C(O)C1O. The first-order valence-electron chi connectivity index (χ1n) is 12.9. The fourth-order valence-electron chi connectivity index (χ4n) is 4.85. The minimum absolute atomic E-state index is 0.0655. The van der Waals surface area contributed by atoms with Crippen molar-refractivity contribution in [1.82, 2.24) is 0 Å². The first kappa shape index (κ1) is 30.0. The summed E-state index contributed by atoms with van der Waals surface area (Å²) in [5.41, 5.74) is -0.926. The van der Waals surface area contributed by atoms with Crippen LogP contribution in [0.4, 0.5) is 0 Å². The third-order valence-electron chi connectivity index (χ3n) is 7.23. The van der Waals surface area contributed by atoms with Crippen molar-refractivity contribution in [2.45, 2.75) is 68.3 Å². The van der Waals surface area contributed by atoms with Gasteiger partial charge in [-0.3, -0.25) is 4.79 Å². The smallest absolute Gasteiger partial charge is 0.238 e. The van der Waals surface area contributed by atoms with Crippen LogP contribution in [-0.4, -0.2) is 114 Å². The van der Waals surface area contributed by atoms with E-state index in [0.717, 1.165) is 6.07 Å². The van der Waals surface area contributed by atoms with Crippen LogP contribution in [-0.2, 0) is 14.2 Å². The van der Waals surface area contributed by atoms with Crippen molar-refractivity contribution in [3.63, 3.8) is 0 Å². The zero-order chi connectivity index (χ0) is 30.5. The van der Waals surface area contributed by atoms with Crippen molar-refractivity contribution in [1.29, 1.82) is 0 Å². The number of phenols is 2. The molecule has 15 nitrogen and oxygen atoms in total. The molecule has 1 aromatic heterocycles. The number of rotatable bonds is 6. The first-order valence-corrected chi connectivity index (χ1v) is 12.9. The van der Waals surface area contributed by atoms with Gasteiger partial charge in [-0.15, -0.1) is 0 Å². The number of hydrogen-bond donors (Lipinski definition) is 9. The van der Waals surface area contributed by atoms with E-state index in [9.17, 15) is 50.8 Å². The van der Waals surface area contributed by atoms with Gasteiger partial charge in [0.1, 0.15) is 64.8 Å². The van der Waals surface area contributed by atoms with Gasteiger partial charge in [0, 0.05) is 17.7 Å². The van der Waals surface area contributed by atoms with E-state index in [1.165, 1.54) is 37.3 Å². The Kier molecular flexibility index (Phi) is 8.30. The van der Waals surface area contributed by atoms with Crippen LogP contribution in [0.15, 0.2) is 45.6 Å². The van der Waals surface area contributed by atoms with Crippen LogP contribution < -0.4 is 10.2 Å². The Morgan fingerprint density at radius 3 is 2.19 bits per heavy atom. The molecule has 2 aliphatic rings. The Balaban J connectivity index is 1.48. The summed E-state index contributed by atoms with van der Waals surface area (Å²) >= 11 is 0. The Hall–Kier alpha value is -3.51. The standard InChI is InChI=1S/C27H30O15/c1-9-17(31)21(35)25(42-26-23(37)20(34)18(32)15(8-28)41-26)27(38-9)39-12-6-13(30)16-14(7-12)40-24(22(36)19(16)33)10-2-4-11(29)5-3-10/h2-7,9,15,17-18,20-21,23,25-32,34-37H,8H2,1H3. The highest BCUT2D eigenvalue weighted by Crippen LogP contribution is 2.37. The van der Waals surface area contributed by atoms with Crippen LogP contribution in [0, 0.1) is 0 Å². The minimum Gasteiger partial charge on any atom is -0.508 e. The second-order valence-electron chi connectivity index (χ2n) is 10.1. The maximum atomic E-state index is 12.9. The molecule has 0 amide bonds. The predicted octanol–water partition coefficient (Wildman–Crippen LogP) is -1.39. The maximum absolute atomic E-state index is 12.9. The Morgan fingerprint density at radius 1 is 0.833 bits per heavy atom. The normalized spacial score (nSPS) is 33.5. The number of hydrogen-bond acceptors (Lipinski definition) is 15. The van der Waals surface area contributed by atoms with Crippen molar-refractivity contribution >= 4 is 11.0 Å². The molecule has 3 heterocycles. The lowest BCUT2D eigenvalue weighted by atomic mass is 9.97. The molecule has 2 saturated heterocycles. The molecule has 2 aromatic carbocycles. The fraction of sp³-hybridized carbons (Fsp3) is 0.444. The molecule has 0 bridgehead atoms. The maximum Gasteiger partial charge on any atom is 0.238 e. The number of benzene rings is 2. The summed E-state index contributed by atoms with van der Waals surface area (Å²) in [5.74, 6) is -1.92. The number of ether oxygens (including phenoxy) is 4. The monoisotopic (exact) mass is 594 g/mol. The summed E-state index contributed by atoms with van der Waals surface area (Å²) in [6, 6.07) is 7.61. The highest BCUT2D eigenvalue weighted by atomic mass is 16.8. The van der Waals surface area contributed by atoms with Gasteiger partial charge in [-0.25, -0.2) is 0 Å². The summed E-state index contributed by atoms with van der Waals surface area (Å²) in [5, 5.41) is 91.5. The zero-order valence-corrected chi connectivity index (χ0v) is 21.9. The van der Waals surface area contributed by atoms with Gasteiger partial charge in [0.25, 0.3) is 0 Å². The van der Waals surface area contributed by atoms with Crippen LogP contribution in [0.1, 0.15) is 6.92 Å². The van der Waals surface area contributed by atoms with Gasteiger partial charge < -0.3 is 69.3 Å². The lowest BCUT2D eigenvalue weighted by molar-refractivity contribution is -0.355. The summed E-state index contributed by atoms with van der Waals surface area (Å²) in [6.07, 6.45) is -15.7. The molecule has 0 radical (unpaired) electrons. The van der Waals surface area contributed by atoms with Gasteiger partial charge in [-0.05, 0) is 31.2 Å². The number of aliphatic hydroxyl groups is 6. The molecule has 0 saturated carbocycles. The van der Waals surface area contributed by atoms with Crippen molar-refractivity contribution in [3.05, 3.63) is 46.6 Å². The number of fused-ring (bicyclic) bond motifs is 1. The Morgan fingerprint density at radius 2 is 1.52 bits per heavy atom. The largest absolute Gasteiger partial charge is 0.508 e. The lowest BCUT2D eigenvalue weighted by Gasteiger charge is -2.45. The second-order valence-corrected chi connectivity index (χ2v) is 10.1. The van der Waals surface area contributed by atoms with E-state index in [0.29, 0.717) is 0 Å². The summed E-state index contributed by atoms with van der Waals surface area (Å²) in [4.78, 5) is 12.9. The molecule has 228 valence electrons. The van der Waals surface area contributed by atoms with Gasteiger partial charge in [-0.2, -0.15) is 0 Å². The van der Waals surface area contributed by atoms with Gasteiger partial charge in [-0.1, -0.05) is 0 Å². The molecule has 10 unspecified atom stereocenters. The number of aliphatic hydroxyl groups excluding tert-OH is 6. The van der Waals surface area contributed by atoms with Gasteiger partial charge in [0.15, 0.2) is 18.2 Å². The molecule has 5 rings (SSSR count). The van der Waals surface area contributed by atoms with Crippen molar-refractivity contribution < 1.29 is 69.3 Å². The highest BCUT2D eigenvalue weighted by molar-refractivity contribution is 5.88. The van der Waals surface area contributed by atoms with Crippen LogP contribution >= 0.6 is 0 Å². The summed E-state index contributed by atoms with van der Waals surface area (Å²) in [6.45, 7) is 0.690. The Bertz CT molecular complexity index is 1470. The van der Waals surface area contributed by atoms with Gasteiger partial charge in [0.05, 0.1) is 12.7 Å². The van der Waals surface area contributed by atoms with Crippen LogP contribution in [0.25, 0.3) is 22.3 Å². The van der Waals surface area contributed by atoms with E-state index in [1.54, 1.807) is 0 Å². The zero-order valence-electron chi connectivity index (χ0n) is 21.9. The average Bonchev–Trinajstić information content (AvgIpc) is 2.96. The van der Waals surface area contributed by atoms with Crippen molar-refractivity contribution in [3.8, 4) is 34.3 Å². The topological polar surface area (TPSA) is 249 Å². The van der Waals surface area contributed by atoms with Crippen LogP contribution in [0.2, 0.25) is 0 Å². The van der Waals surface area contributed by atoms with E-state index in [-0.39, 0.29) is 33.8 Å². The molecule has 15 heteroatoms. The lowest BCUT2D eigenvalue weighted by Crippen LogP contribution is -2.64. The number of aromatic hydroxyl groups is 3. The quantitative estimate of drug-likeness (QED) is 0.159. The summed E-state index contributed by atoms with van der Waals surface area (Å²) < 4.78 is 28.2. The van der Waals surface area contributed by atoms with E-state index >= 15 is 0 Å². The predicted molar refractivity (Wildman–Crippen MR) is 139 cm³/mol. The summed E-state index contributed by atoms with van der Waals surface area (Å²) in [7, 11) is 0. The third kappa shape index (κ3) is 5.37. The van der Waals surface area contributed by atoms with Crippen LogP contribution in [0.5, 0.6) is 23.0 Å². The van der Waals surface area contributed by atoms with E-state index in [2.05, 4.69) is 0 Å². The average molecular weight is 595 g/mol. The van der Waals surface area contributed by atoms with E-state index < -0.39 is 84.9 Å². The molecular formula is C27H30O15. The molecule has 2 aliphatic heterocycles. The molecule has 10 atom stereocenters. The molecule has 0 spiro atoms. The third-order valence-corrected chi connectivity index (χ3v) is 7.23. The second kappa shape index (κ2) is 11.6. The van der Waals surface area contributed by atoms with Gasteiger partial charge >= 0.3 is 0 Å². The fourth-order valence-corrected chi connectivity index (χ4v) is 4.85. The van der Waals surface area contributed by atoms with Crippen molar-refractivity contribution in [2.75, 3.05) is 6.61 Å². The Labute approximate surface area is 236 Å². The molecule has 9 N–H and O–H groups in total. The highest BCUT2D eigenvalue weighted by Gasteiger charge is 2.50. The first-order chi connectivity index (χ1) is 19.9. The molecule has 2 fully saturated rings. The van der Waals surface area contributed by atoms with E-state index in [4.69, 9.17) is 23.4 Å². The molecule has 42 heavy (non-hydrogen) atoms. The minimum atomic E-state index is -1.84. The van der Waals surface area contributed by atoms with E-state index in [1.807, 2.05) is 0 Å². The number of phenolic OH excluding ortho intramolecular Hbond substituents is 2. The van der Waals surface area contributed by atoms with Gasteiger partial charge in [0.2, 0.25) is 17.5 Å². The van der Waals surface area contributed by atoms with Crippen LogP contribution in [0.3, 0.4) is 0 Å². The molecule has 0 aliphatic carbocycles. The molecule has 3 aromatic rings.